The van der Waals surface area contributed by atoms with E-state index in [1.165, 1.54) is 31.3 Å². The van der Waals surface area contributed by atoms with Gasteiger partial charge in [0.2, 0.25) is 5.91 Å². The van der Waals surface area contributed by atoms with E-state index in [9.17, 15) is 4.79 Å². The Balaban J connectivity index is 1.45. The highest BCUT2D eigenvalue weighted by Crippen LogP contribution is 2.25. The molecule has 24 heavy (non-hydrogen) atoms. The quantitative estimate of drug-likeness (QED) is 0.803. The van der Waals surface area contributed by atoms with Crippen molar-refractivity contribution in [1.82, 2.24) is 15.2 Å². The molecule has 1 fully saturated rings. The summed E-state index contributed by atoms with van der Waals surface area (Å²) in [6.45, 7) is 4.90. The van der Waals surface area contributed by atoms with Gasteiger partial charge in [0.25, 0.3) is 0 Å². The van der Waals surface area contributed by atoms with Crippen molar-refractivity contribution >= 4 is 17.2 Å². The van der Waals surface area contributed by atoms with Gasteiger partial charge in [-0.2, -0.15) is 0 Å². The smallest absolute Gasteiger partial charge is 0.237 e. The molecule has 1 aromatic heterocycles. The maximum atomic E-state index is 12.5. The van der Waals surface area contributed by atoms with Gasteiger partial charge in [-0.05, 0) is 39.0 Å². The zero-order valence-corrected chi connectivity index (χ0v) is 15.2. The third-order valence-corrected chi connectivity index (χ3v) is 5.75. The number of carbonyl (C=O) groups is 1. The highest BCUT2D eigenvalue weighted by Gasteiger charge is 2.29. The molecule has 1 aromatic rings. The van der Waals surface area contributed by atoms with Crippen molar-refractivity contribution in [3.05, 3.63) is 28.2 Å². The minimum Gasteiger partial charge on any atom is -0.368 e. The van der Waals surface area contributed by atoms with Crippen molar-refractivity contribution in [1.29, 1.82) is 0 Å². The van der Waals surface area contributed by atoms with E-state index in [1.807, 2.05) is 12.3 Å². The Morgan fingerprint density at radius 3 is 3.21 bits per heavy atom. The number of allylic oxidation sites excluding steroid dienone is 1. The number of aromatic nitrogens is 1. The lowest BCUT2D eigenvalue weighted by Gasteiger charge is -2.35. The summed E-state index contributed by atoms with van der Waals surface area (Å²) in [5, 5.41) is 6.06. The van der Waals surface area contributed by atoms with Gasteiger partial charge in [0.05, 0.1) is 12.6 Å². The molecule has 0 saturated carbocycles. The number of hydrogen-bond acceptors (Lipinski definition) is 5. The molecule has 2 aliphatic rings. The predicted molar refractivity (Wildman–Crippen MR) is 96.0 cm³/mol. The number of morpholine rings is 1. The van der Waals surface area contributed by atoms with Gasteiger partial charge in [-0.25, -0.2) is 4.98 Å². The molecule has 2 atom stereocenters. The fourth-order valence-electron chi connectivity index (χ4n) is 3.36. The van der Waals surface area contributed by atoms with Gasteiger partial charge in [-0.3, -0.25) is 9.69 Å². The minimum atomic E-state index is -0.128. The molecule has 0 aromatic carbocycles. The summed E-state index contributed by atoms with van der Waals surface area (Å²) in [5.41, 5.74) is 1.50. The van der Waals surface area contributed by atoms with Gasteiger partial charge in [0.15, 0.2) is 0 Å². The monoisotopic (exact) mass is 349 g/mol. The Kier molecular flexibility index (Phi) is 6.40. The molecule has 1 aliphatic heterocycles. The topological polar surface area (TPSA) is 54.5 Å². The molecule has 132 valence electrons. The summed E-state index contributed by atoms with van der Waals surface area (Å²) in [5.74, 6) is 0.117. The molecule has 1 saturated heterocycles. The summed E-state index contributed by atoms with van der Waals surface area (Å²) >= 11 is 1.61. The molecule has 1 N–H and O–H groups in total. The van der Waals surface area contributed by atoms with Crippen molar-refractivity contribution in [2.75, 3.05) is 26.2 Å². The molecule has 0 spiro atoms. The van der Waals surface area contributed by atoms with E-state index >= 15 is 0 Å². The Morgan fingerprint density at radius 2 is 2.46 bits per heavy atom. The number of nitrogens with zero attached hydrogens (tertiary/aromatic N) is 2. The van der Waals surface area contributed by atoms with E-state index in [4.69, 9.17) is 4.74 Å². The highest BCUT2D eigenvalue weighted by atomic mass is 32.1. The second-order valence-corrected chi connectivity index (χ2v) is 7.48. The van der Waals surface area contributed by atoms with Gasteiger partial charge in [-0.1, -0.05) is 11.6 Å². The van der Waals surface area contributed by atoms with Crippen molar-refractivity contribution in [2.24, 2.45) is 0 Å². The molecular formula is C18H27N3O2S. The first-order chi connectivity index (χ1) is 11.7. The SMILES string of the molecule is C[C@@H](C(=O)NCCC1=CCCCC1)N1CCO[C@H](c2nccs2)C1. The second-order valence-electron chi connectivity index (χ2n) is 6.55. The first-order valence-corrected chi connectivity index (χ1v) is 9.82. The van der Waals surface area contributed by atoms with Crippen LogP contribution in [0.4, 0.5) is 0 Å². The second kappa shape index (κ2) is 8.74. The van der Waals surface area contributed by atoms with E-state index in [0.29, 0.717) is 6.61 Å². The van der Waals surface area contributed by atoms with Crippen LogP contribution >= 0.6 is 11.3 Å². The van der Waals surface area contributed by atoms with Crippen LogP contribution in [0, 0.1) is 0 Å². The lowest BCUT2D eigenvalue weighted by molar-refractivity contribution is -0.129. The van der Waals surface area contributed by atoms with Crippen LogP contribution in [-0.4, -0.2) is 48.1 Å². The molecule has 6 heteroatoms. The minimum absolute atomic E-state index is 0.0126. The zero-order chi connectivity index (χ0) is 16.8. The molecule has 1 aliphatic carbocycles. The predicted octanol–water partition coefficient (Wildman–Crippen LogP) is 2.91. The van der Waals surface area contributed by atoms with E-state index in [-0.39, 0.29) is 18.1 Å². The third-order valence-electron chi connectivity index (χ3n) is 4.88. The molecule has 0 unspecified atom stereocenters. The van der Waals surface area contributed by atoms with Gasteiger partial charge in [-0.15, -0.1) is 11.3 Å². The maximum Gasteiger partial charge on any atom is 0.237 e. The first-order valence-electron chi connectivity index (χ1n) is 8.94. The Bertz CT molecular complexity index is 559. The van der Waals surface area contributed by atoms with Crippen LogP contribution in [0.15, 0.2) is 23.2 Å². The van der Waals surface area contributed by atoms with E-state index < -0.39 is 0 Å². The highest BCUT2D eigenvalue weighted by molar-refractivity contribution is 7.09. The average molecular weight is 350 g/mol. The molecule has 1 amide bonds. The summed E-state index contributed by atoms with van der Waals surface area (Å²) in [7, 11) is 0. The number of nitrogens with one attached hydrogen (secondary N) is 1. The Hall–Kier alpha value is -1.24. The van der Waals surface area contributed by atoms with Crippen LogP contribution in [0.1, 0.15) is 50.1 Å². The summed E-state index contributed by atoms with van der Waals surface area (Å²) in [4.78, 5) is 19.0. The largest absolute Gasteiger partial charge is 0.368 e. The summed E-state index contributed by atoms with van der Waals surface area (Å²) < 4.78 is 5.81. The lowest BCUT2D eigenvalue weighted by atomic mass is 9.97. The van der Waals surface area contributed by atoms with E-state index in [0.717, 1.165) is 31.1 Å². The Labute approximate surface area is 148 Å². The third kappa shape index (κ3) is 4.65. The van der Waals surface area contributed by atoms with Gasteiger partial charge >= 0.3 is 0 Å². The van der Waals surface area contributed by atoms with Crippen molar-refractivity contribution in [3.8, 4) is 0 Å². The fourth-order valence-corrected chi connectivity index (χ4v) is 4.03. The van der Waals surface area contributed by atoms with Crippen molar-refractivity contribution in [3.63, 3.8) is 0 Å². The molecule has 0 radical (unpaired) electrons. The Morgan fingerprint density at radius 1 is 1.54 bits per heavy atom. The number of amides is 1. The average Bonchev–Trinajstić information content (AvgIpc) is 3.17. The summed E-state index contributed by atoms with van der Waals surface area (Å²) in [6, 6.07) is -0.128. The van der Waals surface area contributed by atoms with E-state index in [2.05, 4.69) is 21.3 Å². The lowest BCUT2D eigenvalue weighted by Crippen LogP contribution is -2.50. The number of ether oxygens (including phenoxy) is 1. The van der Waals surface area contributed by atoms with Crippen LogP contribution in [0.3, 0.4) is 0 Å². The van der Waals surface area contributed by atoms with Crippen LogP contribution in [0.2, 0.25) is 0 Å². The van der Waals surface area contributed by atoms with Crippen LogP contribution in [0.5, 0.6) is 0 Å². The number of hydrogen-bond donors (Lipinski definition) is 1. The van der Waals surface area contributed by atoms with Crippen LogP contribution in [-0.2, 0) is 9.53 Å². The maximum absolute atomic E-state index is 12.5. The van der Waals surface area contributed by atoms with Crippen LogP contribution in [0.25, 0.3) is 0 Å². The number of thiazole rings is 1. The molecular weight excluding hydrogens is 322 g/mol. The standard InChI is InChI=1S/C18H27N3O2S/c1-14(17(22)19-8-7-15-5-3-2-4-6-15)21-10-11-23-16(13-21)18-20-9-12-24-18/h5,9,12,14,16H,2-4,6-8,10-11,13H2,1H3,(H,19,22)/t14-,16-/m0/s1. The normalized spacial score (nSPS) is 23.5. The van der Waals surface area contributed by atoms with Gasteiger partial charge in [0.1, 0.15) is 11.1 Å². The first kappa shape index (κ1) is 17.6. The molecule has 2 heterocycles. The number of carbonyl (C=O) groups excluding carboxylic acids is 1. The van der Waals surface area contributed by atoms with Crippen molar-refractivity contribution in [2.45, 2.75) is 51.2 Å². The fraction of sp³-hybridized carbons (Fsp3) is 0.667. The number of rotatable bonds is 6. The summed E-state index contributed by atoms with van der Waals surface area (Å²) in [6.07, 6.45) is 10.1. The van der Waals surface area contributed by atoms with Gasteiger partial charge < -0.3 is 10.1 Å². The van der Waals surface area contributed by atoms with E-state index in [1.54, 1.807) is 17.5 Å². The van der Waals surface area contributed by atoms with Crippen molar-refractivity contribution < 1.29 is 9.53 Å². The molecule has 5 nitrogen and oxygen atoms in total. The molecule has 0 bridgehead atoms. The van der Waals surface area contributed by atoms with Gasteiger partial charge in [0, 0.05) is 31.2 Å². The van der Waals surface area contributed by atoms with Crippen LogP contribution < -0.4 is 5.32 Å². The zero-order valence-electron chi connectivity index (χ0n) is 14.4. The molecule has 3 rings (SSSR count).